The van der Waals surface area contributed by atoms with Gasteiger partial charge >= 0.3 is 12.3 Å². The van der Waals surface area contributed by atoms with Crippen molar-refractivity contribution in [3.05, 3.63) is 41.3 Å². The quantitative estimate of drug-likeness (QED) is 0.583. The van der Waals surface area contributed by atoms with Crippen LogP contribution in [0.5, 0.6) is 0 Å². The summed E-state index contributed by atoms with van der Waals surface area (Å²) in [4.78, 5) is 27.8. The molecule has 1 fully saturated rings. The summed E-state index contributed by atoms with van der Waals surface area (Å²) in [6.07, 6.45) is -1.36. The zero-order valence-corrected chi connectivity index (χ0v) is 17.8. The Hall–Kier alpha value is -3.11. The van der Waals surface area contributed by atoms with Crippen molar-refractivity contribution in [3.63, 3.8) is 0 Å². The van der Waals surface area contributed by atoms with Crippen molar-refractivity contribution in [1.82, 2.24) is 20.5 Å². The van der Waals surface area contributed by atoms with Crippen LogP contribution in [0, 0.1) is 0 Å². The maximum absolute atomic E-state index is 12.6. The molecule has 0 aliphatic heterocycles. The summed E-state index contributed by atoms with van der Waals surface area (Å²) in [5, 5.41) is 12.5. The van der Waals surface area contributed by atoms with Gasteiger partial charge in [-0.1, -0.05) is 6.92 Å². The number of pyridine rings is 1. The van der Waals surface area contributed by atoms with Gasteiger partial charge in [0.2, 0.25) is 5.91 Å². The molecule has 0 radical (unpaired) electrons. The van der Waals surface area contributed by atoms with Crippen molar-refractivity contribution in [3.8, 4) is 0 Å². The van der Waals surface area contributed by atoms with E-state index in [1.54, 1.807) is 6.07 Å². The SMILES string of the molecule is CCC(C)OC(=O)NC1CCC(c2cc(NC(=O)Cc3ccc(C(F)(F)F)cn3)n[nH]2)C1. The number of hydrogen-bond donors (Lipinski definition) is 3. The van der Waals surface area contributed by atoms with Gasteiger partial charge in [0.25, 0.3) is 0 Å². The zero-order valence-electron chi connectivity index (χ0n) is 17.8. The van der Waals surface area contributed by atoms with E-state index in [9.17, 15) is 22.8 Å². The van der Waals surface area contributed by atoms with Crippen LogP contribution in [-0.2, 0) is 22.1 Å². The minimum Gasteiger partial charge on any atom is -0.447 e. The fourth-order valence-electron chi connectivity index (χ4n) is 3.52. The van der Waals surface area contributed by atoms with Crippen molar-refractivity contribution in [2.24, 2.45) is 0 Å². The van der Waals surface area contributed by atoms with E-state index in [1.807, 2.05) is 13.8 Å². The fraction of sp³-hybridized carbons (Fsp3) is 0.524. The molecule has 2 amide bonds. The zero-order chi connectivity index (χ0) is 23.3. The topological polar surface area (TPSA) is 109 Å². The van der Waals surface area contributed by atoms with Crippen LogP contribution in [0.4, 0.5) is 23.8 Å². The first kappa shape index (κ1) is 23.6. The number of nitrogens with zero attached hydrogens (tertiary/aromatic N) is 2. The Morgan fingerprint density at radius 3 is 2.75 bits per heavy atom. The molecule has 174 valence electrons. The molecule has 1 saturated carbocycles. The van der Waals surface area contributed by atoms with E-state index in [0.29, 0.717) is 12.0 Å². The van der Waals surface area contributed by atoms with Crippen LogP contribution >= 0.6 is 0 Å². The lowest BCUT2D eigenvalue weighted by Gasteiger charge is -2.16. The largest absolute Gasteiger partial charge is 0.447 e. The number of H-pyrrole nitrogens is 1. The highest BCUT2D eigenvalue weighted by Gasteiger charge is 2.31. The van der Waals surface area contributed by atoms with E-state index in [-0.39, 0.29) is 30.2 Å². The Kier molecular flexibility index (Phi) is 7.37. The van der Waals surface area contributed by atoms with Gasteiger partial charge in [0, 0.05) is 35.6 Å². The molecule has 8 nitrogen and oxygen atoms in total. The standard InChI is InChI=1S/C21H26F3N5O3/c1-3-12(2)32-20(31)26-16-6-4-13(8-16)17-10-18(29-28-17)27-19(30)9-15-7-5-14(11-25-15)21(22,23)24/h5,7,10-13,16H,3-4,6,8-9H2,1-2H3,(H,26,31)(H2,27,28,29,30). The van der Waals surface area contributed by atoms with Gasteiger partial charge in [-0.3, -0.25) is 14.9 Å². The summed E-state index contributed by atoms with van der Waals surface area (Å²) in [5.41, 5.74) is 0.198. The maximum atomic E-state index is 12.6. The Labute approximate surface area is 183 Å². The molecule has 11 heteroatoms. The lowest BCUT2D eigenvalue weighted by Crippen LogP contribution is -2.35. The molecule has 32 heavy (non-hydrogen) atoms. The summed E-state index contributed by atoms with van der Waals surface area (Å²) < 4.78 is 43.0. The number of rotatable bonds is 7. The molecule has 2 heterocycles. The number of aromatic amines is 1. The first-order chi connectivity index (χ1) is 15.1. The van der Waals surface area contributed by atoms with E-state index in [4.69, 9.17) is 4.74 Å². The molecule has 0 spiro atoms. The second-order valence-electron chi connectivity index (χ2n) is 7.94. The highest BCUT2D eigenvalue weighted by Crippen LogP contribution is 2.34. The summed E-state index contributed by atoms with van der Waals surface area (Å²) in [6.45, 7) is 3.78. The maximum Gasteiger partial charge on any atom is 0.417 e. The fourth-order valence-corrected chi connectivity index (χ4v) is 3.52. The molecule has 1 aliphatic carbocycles. The highest BCUT2D eigenvalue weighted by atomic mass is 19.4. The van der Waals surface area contributed by atoms with Crippen molar-refractivity contribution in [2.45, 2.75) is 70.2 Å². The number of carbonyl (C=O) groups excluding carboxylic acids is 2. The Balaban J connectivity index is 1.48. The third kappa shape index (κ3) is 6.44. The summed E-state index contributed by atoms with van der Waals surface area (Å²) >= 11 is 0. The number of amides is 2. The number of aromatic nitrogens is 3. The molecular weight excluding hydrogens is 427 g/mol. The third-order valence-corrected chi connectivity index (χ3v) is 5.44. The van der Waals surface area contributed by atoms with Crippen LogP contribution in [0.3, 0.4) is 0 Å². The van der Waals surface area contributed by atoms with Gasteiger partial charge in [0.05, 0.1) is 12.0 Å². The lowest BCUT2D eigenvalue weighted by atomic mass is 10.0. The van der Waals surface area contributed by atoms with Crippen molar-refractivity contribution in [2.75, 3.05) is 5.32 Å². The number of hydrogen-bond acceptors (Lipinski definition) is 5. The predicted octanol–water partition coefficient (Wildman–Crippen LogP) is 4.17. The minimum absolute atomic E-state index is 0.00337. The van der Waals surface area contributed by atoms with Gasteiger partial charge in [0.1, 0.15) is 6.10 Å². The van der Waals surface area contributed by atoms with Crippen molar-refractivity contribution >= 4 is 17.8 Å². The number of ether oxygens (including phenoxy) is 1. The second-order valence-corrected chi connectivity index (χ2v) is 7.94. The van der Waals surface area contributed by atoms with E-state index < -0.39 is 23.7 Å². The van der Waals surface area contributed by atoms with E-state index >= 15 is 0 Å². The van der Waals surface area contributed by atoms with E-state index in [1.165, 1.54) is 6.07 Å². The van der Waals surface area contributed by atoms with Gasteiger partial charge in [-0.2, -0.15) is 18.3 Å². The summed E-state index contributed by atoms with van der Waals surface area (Å²) in [6, 6.07) is 3.80. The van der Waals surface area contributed by atoms with Gasteiger partial charge in [-0.05, 0) is 44.7 Å². The first-order valence-corrected chi connectivity index (χ1v) is 10.5. The van der Waals surface area contributed by atoms with Crippen LogP contribution in [0.2, 0.25) is 0 Å². The number of anilines is 1. The van der Waals surface area contributed by atoms with Crippen LogP contribution in [-0.4, -0.2) is 39.3 Å². The number of alkyl halides is 3. The second kappa shape index (κ2) is 10.0. The molecule has 2 aromatic rings. The van der Waals surface area contributed by atoms with Gasteiger partial charge < -0.3 is 15.4 Å². The van der Waals surface area contributed by atoms with Crippen molar-refractivity contribution < 1.29 is 27.5 Å². The van der Waals surface area contributed by atoms with Gasteiger partial charge in [0.15, 0.2) is 5.82 Å². The van der Waals surface area contributed by atoms with Crippen molar-refractivity contribution in [1.29, 1.82) is 0 Å². The van der Waals surface area contributed by atoms with Crippen LogP contribution in [0.25, 0.3) is 0 Å². The molecule has 3 atom stereocenters. The average molecular weight is 453 g/mol. The third-order valence-electron chi connectivity index (χ3n) is 5.44. The van der Waals surface area contributed by atoms with E-state index in [0.717, 1.165) is 37.4 Å². The molecule has 2 aromatic heterocycles. The average Bonchev–Trinajstić information content (AvgIpc) is 3.37. The van der Waals surface area contributed by atoms with Gasteiger partial charge in [-0.25, -0.2) is 4.79 Å². The van der Waals surface area contributed by atoms with Crippen LogP contribution in [0.1, 0.15) is 62.4 Å². The molecule has 1 aliphatic rings. The number of halogens is 3. The Bertz CT molecular complexity index is 930. The first-order valence-electron chi connectivity index (χ1n) is 10.5. The lowest BCUT2D eigenvalue weighted by molar-refractivity contribution is -0.137. The summed E-state index contributed by atoms with van der Waals surface area (Å²) in [7, 11) is 0. The molecule has 3 N–H and O–H groups in total. The Morgan fingerprint density at radius 2 is 2.09 bits per heavy atom. The number of carbonyl (C=O) groups is 2. The smallest absolute Gasteiger partial charge is 0.417 e. The molecule has 3 rings (SSSR count). The normalized spacial score (nSPS) is 19.4. The van der Waals surface area contributed by atoms with Gasteiger partial charge in [-0.15, -0.1) is 0 Å². The molecule has 0 saturated heterocycles. The number of alkyl carbamates (subject to hydrolysis) is 1. The van der Waals surface area contributed by atoms with E-state index in [2.05, 4.69) is 25.8 Å². The molecule has 0 bridgehead atoms. The predicted molar refractivity (Wildman–Crippen MR) is 110 cm³/mol. The van der Waals surface area contributed by atoms with Crippen LogP contribution in [0.15, 0.2) is 24.4 Å². The number of nitrogens with one attached hydrogen (secondary N) is 3. The summed E-state index contributed by atoms with van der Waals surface area (Å²) in [5.74, 6) is 0.0391. The molecular formula is C21H26F3N5O3. The molecule has 3 unspecified atom stereocenters. The Morgan fingerprint density at radius 1 is 1.31 bits per heavy atom. The minimum atomic E-state index is -4.47. The van der Waals surface area contributed by atoms with Crippen LogP contribution < -0.4 is 10.6 Å². The monoisotopic (exact) mass is 453 g/mol. The molecule has 0 aromatic carbocycles. The highest BCUT2D eigenvalue weighted by molar-refractivity contribution is 5.91.